The molecule has 0 radical (unpaired) electrons. The first-order valence-corrected chi connectivity index (χ1v) is 12.7. The zero-order valence-electron chi connectivity index (χ0n) is 21.0. The van der Waals surface area contributed by atoms with E-state index < -0.39 is 6.17 Å². The van der Waals surface area contributed by atoms with Gasteiger partial charge in [-0.1, -0.05) is 45.5 Å². The molecular weight excluding hydrogens is 485 g/mol. The zero-order chi connectivity index (χ0) is 25.5. The lowest BCUT2D eigenvalue weighted by molar-refractivity contribution is 0.207. The van der Waals surface area contributed by atoms with Crippen molar-refractivity contribution in [3.63, 3.8) is 0 Å². The Hall–Kier alpha value is -3.86. The average Bonchev–Trinajstić information content (AvgIpc) is 3.70. The second-order valence-electron chi connectivity index (χ2n) is 10.1. The molecule has 38 heavy (non-hydrogen) atoms. The Morgan fingerprint density at radius 1 is 1.11 bits per heavy atom. The van der Waals surface area contributed by atoms with Crippen LogP contribution in [0.3, 0.4) is 0 Å². The highest BCUT2D eigenvalue weighted by Gasteiger charge is 2.40. The molecule has 11 heteroatoms. The van der Waals surface area contributed by atoms with Gasteiger partial charge < -0.3 is 4.90 Å². The fourth-order valence-corrected chi connectivity index (χ4v) is 5.24. The highest BCUT2D eigenvalue weighted by atomic mass is 19.1. The summed E-state index contributed by atoms with van der Waals surface area (Å²) in [5.74, 6) is 1.57. The van der Waals surface area contributed by atoms with Crippen molar-refractivity contribution in [2.24, 2.45) is 5.92 Å². The molecular formula is C27H34FN9O. The van der Waals surface area contributed by atoms with E-state index in [1.165, 1.54) is 6.33 Å². The first-order valence-electron chi connectivity index (χ1n) is 12.7. The van der Waals surface area contributed by atoms with E-state index >= 15 is 0 Å². The molecule has 2 amide bonds. The molecule has 0 spiro atoms. The summed E-state index contributed by atoms with van der Waals surface area (Å²) in [6.45, 7) is 7.37. The first kappa shape index (κ1) is 25.8. The highest BCUT2D eigenvalue weighted by Crippen LogP contribution is 2.31. The summed E-state index contributed by atoms with van der Waals surface area (Å²) in [4.78, 5) is 28.5. The molecule has 2 fully saturated rings. The van der Waals surface area contributed by atoms with Gasteiger partial charge in [-0.3, -0.25) is 14.9 Å². The van der Waals surface area contributed by atoms with Crippen LogP contribution in [0.1, 0.15) is 27.7 Å². The Morgan fingerprint density at radius 2 is 1.89 bits per heavy atom. The van der Waals surface area contributed by atoms with E-state index in [4.69, 9.17) is 4.98 Å². The predicted octanol–water partition coefficient (Wildman–Crippen LogP) is 4.13. The number of hydrogen-bond donors (Lipinski definition) is 1. The maximum absolute atomic E-state index is 13.6. The number of hydrogen-bond acceptors (Lipinski definition) is 6. The molecule has 0 bridgehead atoms. The standard InChI is InChI=1S/C26H30FN9O.CH4/c1-17(2)22-15-34(12-11-33-9-7-20(27)14-33)26(37)36(22)23-8-10-35-25(31-23)21(13-30-35)18-3-5-19(6-4-18)24-28-16-29-32-24;/h3-6,8,10,13,16-17,20,22H,7,9,11-12,14-15H2,1-2H3,(H,28,29,32);1H4/t20-,22-;/m1./s1. The summed E-state index contributed by atoms with van der Waals surface area (Å²) in [6.07, 6.45) is 4.95. The van der Waals surface area contributed by atoms with Gasteiger partial charge in [-0.05, 0) is 24.0 Å². The van der Waals surface area contributed by atoms with Gasteiger partial charge in [0.25, 0.3) is 0 Å². The minimum absolute atomic E-state index is 0. The summed E-state index contributed by atoms with van der Waals surface area (Å²) < 4.78 is 15.3. The van der Waals surface area contributed by atoms with Gasteiger partial charge in [0, 0.05) is 50.0 Å². The number of halogens is 1. The van der Waals surface area contributed by atoms with Crippen molar-refractivity contribution in [2.75, 3.05) is 37.6 Å². The molecule has 0 saturated carbocycles. The van der Waals surface area contributed by atoms with Crippen LogP contribution < -0.4 is 4.90 Å². The maximum Gasteiger partial charge on any atom is 0.326 e. The van der Waals surface area contributed by atoms with Crippen LogP contribution in [0.25, 0.3) is 28.2 Å². The highest BCUT2D eigenvalue weighted by molar-refractivity contribution is 5.94. The number of aromatic amines is 1. The number of urea groups is 1. The molecule has 2 aliphatic rings. The van der Waals surface area contributed by atoms with Crippen LogP contribution in [0, 0.1) is 5.92 Å². The van der Waals surface area contributed by atoms with Gasteiger partial charge in [0.05, 0.1) is 12.2 Å². The van der Waals surface area contributed by atoms with Gasteiger partial charge in [0.15, 0.2) is 11.5 Å². The van der Waals surface area contributed by atoms with Crippen LogP contribution in [0.2, 0.25) is 0 Å². The average molecular weight is 520 g/mol. The lowest BCUT2D eigenvalue weighted by atomic mass is 10.0. The molecule has 2 atom stereocenters. The number of anilines is 1. The van der Waals surface area contributed by atoms with Crippen molar-refractivity contribution in [3.05, 3.63) is 49.1 Å². The van der Waals surface area contributed by atoms with Crippen LogP contribution in [0.5, 0.6) is 0 Å². The molecule has 1 aromatic carbocycles. The number of H-pyrrole nitrogens is 1. The lowest BCUT2D eigenvalue weighted by Gasteiger charge is -2.25. The third-order valence-corrected chi connectivity index (χ3v) is 7.37. The molecule has 1 N–H and O–H groups in total. The van der Waals surface area contributed by atoms with Crippen molar-refractivity contribution in [1.29, 1.82) is 0 Å². The van der Waals surface area contributed by atoms with Crippen molar-refractivity contribution < 1.29 is 9.18 Å². The van der Waals surface area contributed by atoms with E-state index in [0.717, 1.165) is 23.2 Å². The fraction of sp³-hybridized carbons (Fsp3) is 0.444. The number of nitrogens with zero attached hydrogens (tertiary/aromatic N) is 8. The number of carbonyl (C=O) groups is 1. The molecule has 2 aliphatic heterocycles. The number of fused-ring (bicyclic) bond motifs is 1. The van der Waals surface area contributed by atoms with E-state index in [-0.39, 0.29) is 25.4 Å². The second-order valence-corrected chi connectivity index (χ2v) is 10.1. The lowest BCUT2D eigenvalue weighted by Crippen LogP contribution is -2.39. The van der Waals surface area contributed by atoms with Crippen molar-refractivity contribution in [1.82, 2.24) is 39.6 Å². The maximum atomic E-state index is 13.6. The first-order chi connectivity index (χ1) is 18.0. The van der Waals surface area contributed by atoms with Gasteiger partial charge in [-0.2, -0.15) is 10.2 Å². The normalized spacial score (nSPS) is 20.2. The van der Waals surface area contributed by atoms with Crippen LogP contribution in [0.4, 0.5) is 15.0 Å². The Balaban J connectivity index is 0.00000294. The van der Waals surface area contributed by atoms with Crippen LogP contribution in [-0.2, 0) is 0 Å². The van der Waals surface area contributed by atoms with Gasteiger partial charge in [-0.25, -0.2) is 23.7 Å². The summed E-state index contributed by atoms with van der Waals surface area (Å²) >= 11 is 0. The number of aromatic nitrogens is 6. The number of nitrogens with one attached hydrogen (secondary N) is 1. The number of carbonyl (C=O) groups excluding carboxylic acids is 1. The van der Waals surface area contributed by atoms with Crippen molar-refractivity contribution in [2.45, 2.75) is 39.9 Å². The number of alkyl halides is 1. The van der Waals surface area contributed by atoms with Gasteiger partial charge in [0.2, 0.25) is 0 Å². The summed E-state index contributed by atoms with van der Waals surface area (Å²) in [7, 11) is 0. The van der Waals surface area contributed by atoms with Gasteiger partial charge in [0.1, 0.15) is 18.3 Å². The SMILES string of the molecule is C.CC(C)[C@H]1CN(CCN2CC[C@@H](F)C2)C(=O)N1c1ccn2ncc(-c3ccc(-c4ncn[nH]4)cc3)c2n1. The molecule has 0 aliphatic carbocycles. The Labute approximate surface area is 221 Å². The summed E-state index contributed by atoms with van der Waals surface area (Å²) in [6, 6.07) is 9.76. The fourth-order valence-electron chi connectivity index (χ4n) is 5.24. The van der Waals surface area contributed by atoms with Crippen LogP contribution in [0.15, 0.2) is 49.1 Å². The number of amides is 2. The second kappa shape index (κ2) is 10.5. The number of likely N-dealkylation sites (tertiary alicyclic amines) is 1. The molecule has 4 aromatic rings. The third-order valence-electron chi connectivity index (χ3n) is 7.37. The summed E-state index contributed by atoms with van der Waals surface area (Å²) in [5.41, 5.74) is 3.47. The molecule has 3 aromatic heterocycles. The topological polar surface area (TPSA) is 98.5 Å². The summed E-state index contributed by atoms with van der Waals surface area (Å²) in [5, 5.41) is 11.3. The van der Waals surface area contributed by atoms with E-state index in [1.54, 1.807) is 10.7 Å². The van der Waals surface area contributed by atoms with E-state index in [0.29, 0.717) is 49.9 Å². The van der Waals surface area contributed by atoms with E-state index in [2.05, 4.69) is 39.0 Å². The molecule has 2 saturated heterocycles. The molecule has 10 nitrogen and oxygen atoms in total. The van der Waals surface area contributed by atoms with Crippen LogP contribution in [-0.4, -0.2) is 90.5 Å². The van der Waals surface area contributed by atoms with Crippen molar-refractivity contribution in [3.8, 4) is 22.5 Å². The minimum atomic E-state index is -0.756. The van der Waals surface area contributed by atoms with Crippen molar-refractivity contribution >= 4 is 17.5 Å². The Bertz CT molecular complexity index is 1390. The minimum Gasteiger partial charge on any atom is -0.321 e. The Kier molecular flexibility index (Phi) is 7.11. The Morgan fingerprint density at radius 3 is 2.58 bits per heavy atom. The monoisotopic (exact) mass is 519 g/mol. The largest absolute Gasteiger partial charge is 0.326 e. The number of benzene rings is 1. The smallest absolute Gasteiger partial charge is 0.321 e. The van der Waals surface area contributed by atoms with Gasteiger partial charge >= 0.3 is 6.03 Å². The number of rotatable bonds is 7. The quantitative estimate of drug-likeness (QED) is 0.394. The molecule has 5 heterocycles. The van der Waals surface area contributed by atoms with E-state index in [9.17, 15) is 9.18 Å². The van der Waals surface area contributed by atoms with Crippen LogP contribution >= 0.6 is 0 Å². The molecule has 0 unspecified atom stereocenters. The third kappa shape index (κ3) is 4.73. The zero-order valence-corrected chi connectivity index (χ0v) is 21.0. The van der Waals surface area contributed by atoms with E-state index in [1.807, 2.05) is 46.3 Å². The molecule has 6 rings (SSSR count). The molecule has 200 valence electrons. The van der Waals surface area contributed by atoms with Gasteiger partial charge in [-0.15, -0.1) is 0 Å². The predicted molar refractivity (Wildman–Crippen MR) is 145 cm³/mol.